The van der Waals surface area contributed by atoms with Crippen molar-refractivity contribution in [3.63, 3.8) is 0 Å². The summed E-state index contributed by atoms with van der Waals surface area (Å²) in [5, 5.41) is 6.32. The van der Waals surface area contributed by atoms with Gasteiger partial charge in [-0.25, -0.2) is 9.37 Å². The normalized spacial score (nSPS) is 20.2. The van der Waals surface area contributed by atoms with Gasteiger partial charge in [-0.3, -0.25) is 9.69 Å². The van der Waals surface area contributed by atoms with Crippen LogP contribution in [0.4, 0.5) is 36.6 Å². The number of piperidine rings is 1. The van der Waals surface area contributed by atoms with Crippen LogP contribution in [0.5, 0.6) is 0 Å². The van der Waals surface area contributed by atoms with Crippen LogP contribution in [-0.2, 0) is 22.6 Å². The van der Waals surface area contributed by atoms with E-state index in [-0.39, 0.29) is 24.3 Å². The lowest BCUT2D eigenvalue weighted by atomic mass is 9.72. The van der Waals surface area contributed by atoms with Gasteiger partial charge in [-0.15, -0.1) is 0 Å². The molecule has 1 atom stereocenters. The maximum atomic E-state index is 13.7. The third kappa shape index (κ3) is 5.25. The number of hydrogen-bond acceptors (Lipinski definition) is 5. The molecule has 0 aliphatic carbocycles. The van der Waals surface area contributed by atoms with Gasteiger partial charge < -0.3 is 10.2 Å². The quantitative estimate of drug-likeness (QED) is 0.465. The molecule has 2 aromatic heterocycles. The molecule has 2 fully saturated rings. The van der Waals surface area contributed by atoms with Crippen LogP contribution in [0.2, 0.25) is 0 Å². The van der Waals surface area contributed by atoms with Crippen LogP contribution in [0.1, 0.15) is 36.2 Å². The summed E-state index contributed by atoms with van der Waals surface area (Å²) in [6.45, 7) is 1.56. The lowest BCUT2D eigenvalue weighted by molar-refractivity contribution is -0.142. The molecule has 1 N–H and O–H groups in total. The molecule has 14 heteroatoms. The van der Waals surface area contributed by atoms with E-state index in [1.807, 2.05) is 11.9 Å². The molecule has 0 radical (unpaired) electrons. The van der Waals surface area contributed by atoms with Gasteiger partial charge >= 0.3 is 12.4 Å². The first-order chi connectivity index (χ1) is 18.3. The molecule has 1 amide bonds. The van der Waals surface area contributed by atoms with Crippen molar-refractivity contribution in [3.05, 3.63) is 59.2 Å². The summed E-state index contributed by atoms with van der Waals surface area (Å²) in [6, 6.07) is 6.58. The monoisotopic (exact) mass is 558 g/mol. The van der Waals surface area contributed by atoms with E-state index in [9.17, 15) is 35.5 Å². The number of hydrogen-bond donors (Lipinski definition) is 1. The molecule has 5 rings (SSSR count). The number of likely N-dealkylation sites (tertiary alicyclic amines) is 2. The number of amides is 1. The fourth-order valence-corrected chi connectivity index (χ4v) is 5.21. The standard InChI is InChI=1S/C25H25F7N6O/c1-36-9-6-17(36)22(39)37-10-7-23(8-11-37,15-2-4-16(26)5-3-15)14-33-20-12-18(24(27,28)29)34-21-13-19(25(30,31)32)35-38(20)21/h2-5,12-13,17,33H,6-11,14H2,1H3/t17-/m1/s1. The fourth-order valence-electron chi connectivity index (χ4n) is 5.21. The molecule has 3 aromatic rings. The number of aromatic nitrogens is 3. The van der Waals surface area contributed by atoms with Crippen molar-refractivity contribution in [2.45, 2.75) is 43.1 Å². The Bertz CT molecular complexity index is 1360. The van der Waals surface area contributed by atoms with Gasteiger partial charge in [-0.1, -0.05) is 12.1 Å². The molecule has 2 aliphatic rings. The van der Waals surface area contributed by atoms with E-state index in [1.165, 1.54) is 12.1 Å². The van der Waals surface area contributed by atoms with Crippen molar-refractivity contribution in [3.8, 4) is 0 Å². The Kier molecular flexibility index (Phi) is 6.72. The fraction of sp³-hybridized carbons (Fsp3) is 0.480. The predicted octanol–water partition coefficient (Wildman–Crippen LogP) is 4.58. The van der Waals surface area contributed by atoms with Gasteiger partial charge in [0.05, 0.1) is 6.04 Å². The summed E-state index contributed by atoms with van der Waals surface area (Å²) >= 11 is 0. The maximum Gasteiger partial charge on any atom is 0.435 e. The lowest BCUT2D eigenvalue weighted by Gasteiger charge is -2.46. The SMILES string of the molecule is CN1CC[C@@H]1C(=O)N1CCC(CNc2cc(C(F)(F)F)nc3cc(C(F)(F)F)nn23)(c2ccc(F)cc2)CC1. The number of carbonyl (C=O) groups is 1. The highest BCUT2D eigenvalue weighted by Crippen LogP contribution is 2.38. The van der Waals surface area contributed by atoms with E-state index in [1.54, 1.807) is 17.0 Å². The zero-order chi connectivity index (χ0) is 28.2. The average molecular weight is 559 g/mol. The second kappa shape index (κ2) is 9.65. The van der Waals surface area contributed by atoms with E-state index in [0.717, 1.165) is 13.0 Å². The van der Waals surface area contributed by atoms with E-state index < -0.39 is 40.6 Å². The Hall–Kier alpha value is -3.42. The van der Waals surface area contributed by atoms with Gasteiger partial charge in [0.2, 0.25) is 5.91 Å². The highest BCUT2D eigenvalue weighted by molar-refractivity contribution is 5.83. The van der Waals surface area contributed by atoms with Crippen LogP contribution in [0.3, 0.4) is 0 Å². The Morgan fingerprint density at radius 3 is 2.18 bits per heavy atom. The van der Waals surface area contributed by atoms with Gasteiger partial charge in [0, 0.05) is 43.7 Å². The van der Waals surface area contributed by atoms with Crippen LogP contribution in [0.25, 0.3) is 5.65 Å². The average Bonchev–Trinajstić information content (AvgIpc) is 3.32. The molecule has 0 saturated carbocycles. The van der Waals surface area contributed by atoms with Gasteiger partial charge in [-0.2, -0.15) is 36.0 Å². The van der Waals surface area contributed by atoms with Crippen molar-refractivity contribution in [1.82, 2.24) is 24.4 Å². The molecule has 4 heterocycles. The largest absolute Gasteiger partial charge is 0.435 e. The summed E-state index contributed by atoms with van der Waals surface area (Å²) in [5.41, 5.74) is -3.41. The van der Waals surface area contributed by atoms with Crippen molar-refractivity contribution in [2.24, 2.45) is 0 Å². The van der Waals surface area contributed by atoms with Crippen molar-refractivity contribution < 1.29 is 35.5 Å². The highest BCUT2D eigenvalue weighted by atomic mass is 19.4. The molecule has 2 saturated heterocycles. The number of rotatable bonds is 5. The van der Waals surface area contributed by atoms with Crippen LogP contribution in [0.15, 0.2) is 36.4 Å². The Balaban J connectivity index is 1.46. The summed E-state index contributed by atoms with van der Waals surface area (Å²) in [5.74, 6) is -0.783. The van der Waals surface area contributed by atoms with Gasteiger partial charge in [0.15, 0.2) is 17.0 Å². The highest BCUT2D eigenvalue weighted by Gasteiger charge is 2.42. The van der Waals surface area contributed by atoms with Crippen LogP contribution < -0.4 is 5.32 Å². The predicted molar refractivity (Wildman–Crippen MR) is 126 cm³/mol. The maximum absolute atomic E-state index is 13.7. The number of anilines is 1. The third-order valence-electron chi connectivity index (χ3n) is 7.68. The molecular formula is C25H25F7N6O. The van der Waals surface area contributed by atoms with Gasteiger partial charge in [0.1, 0.15) is 11.6 Å². The molecular weight excluding hydrogens is 533 g/mol. The number of carbonyl (C=O) groups excluding carboxylic acids is 1. The summed E-state index contributed by atoms with van der Waals surface area (Å²) < 4.78 is 94.9. The molecule has 39 heavy (non-hydrogen) atoms. The number of alkyl halides is 6. The first-order valence-electron chi connectivity index (χ1n) is 12.3. The van der Waals surface area contributed by atoms with Crippen molar-refractivity contribution >= 4 is 17.4 Å². The third-order valence-corrected chi connectivity index (χ3v) is 7.68. The minimum Gasteiger partial charge on any atom is -0.369 e. The lowest BCUT2D eigenvalue weighted by Crippen LogP contribution is -2.58. The zero-order valence-electron chi connectivity index (χ0n) is 20.8. The summed E-state index contributed by atoms with van der Waals surface area (Å²) in [4.78, 5) is 20.0. The minimum absolute atomic E-state index is 0.00160. The van der Waals surface area contributed by atoms with Gasteiger partial charge in [-0.05, 0) is 44.0 Å². The second-order valence-corrected chi connectivity index (χ2v) is 10.1. The second-order valence-electron chi connectivity index (χ2n) is 10.1. The molecule has 0 bridgehead atoms. The molecule has 210 valence electrons. The Labute approximate surface area is 218 Å². The van der Waals surface area contributed by atoms with Crippen LogP contribution >= 0.6 is 0 Å². The molecule has 0 unspecified atom stereocenters. The van der Waals surface area contributed by atoms with Crippen LogP contribution in [-0.4, -0.2) is 69.6 Å². The topological polar surface area (TPSA) is 65.8 Å². The number of fused-ring (bicyclic) bond motifs is 1. The molecule has 7 nitrogen and oxygen atoms in total. The van der Waals surface area contributed by atoms with E-state index in [0.29, 0.717) is 48.1 Å². The molecule has 1 aromatic carbocycles. The number of nitrogens with one attached hydrogen (secondary N) is 1. The van der Waals surface area contributed by atoms with E-state index >= 15 is 0 Å². The molecule has 2 aliphatic heterocycles. The van der Waals surface area contributed by atoms with E-state index in [2.05, 4.69) is 15.4 Å². The minimum atomic E-state index is -4.91. The van der Waals surface area contributed by atoms with Crippen LogP contribution in [0, 0.1) is 5.82 Å². The summed E-state index contributed by atoms with van der Waals surface area (Å²) in [6.07, 6.45) is -8.22. The zero-order valence-corrected chi connectivity index (χ0v) is 20.8. The number of halogens is 7. The first kappa shape index (κ1) is 27.2. The number of likely N-dealkylation sites (N-methyl/N-ethyl adjacent to an activating group) is 1. The number of nitrogens with zero attached hydrogens (tertiary/aromatic N) is 5. The Morgan fingerprint density at radius 1 is 1.00 bits per heavy atom. The molecule has 0 spiro atoms. The first-order valence-corrected chi connectivity index (χ1v) is 12.3. The smallest absolute Gasteiger partial charge is 0.369 e. The van der Waals surface area contributed by atoms with Crippen molar-refractivity contribution in [2.75, 3.05) is 38.5 Å². The van der Waals surface area contributed by atoms with Crippen molar-refractivity contribution in [1.29, 1.82) is 0 Å². The van der Waals surface area contributed by atoms with E-state index in [4.69, 9.17) is 0 Å². The van der Waals surface area contributed by atoms with Gasteiger partial charge in [0.25, 0.3) is 0 Å². The Morgan fingerprint density at radius 2 is 1.64 bits per heavy atom. The summed E-state index contributed by atoms with van der Waals surface area (Å²) in [7, 11) is 1.87. The number of benzene rings is 1.